The second-order valence-electron chi connectivity index (χ2n) is 7.00. The van der Waals surface area contributed by atoms with E-state index in [1.54, 1.807) is 31.4 Å². The van der Waals surface area contributed by atoms with Crippen molar-refractivity contribution in [2.45, 2.75) is 26.4 Å². The Morgan fingerprint density at radius 2 is 1.75 bits per heavy atom. The molecule has 0 aliphatic heterocycles. The van der Waals surface area contributed by atoms with Crippen LogP contribution in [-0.4, -0.2) is 24.2 Å². The van der Waals surface area contributed by atoms with E-state index in [2.05, 4.69) is 29.1 Å². The zero-order valence-corrected chi connectivity index (χ0v) is 16.5. The maximum atomic E-state index is 13.2. The molecule has 1 heterocycles. The minimum Gasteiger partial charge on any atom is -0.493 e. The van der Waals surface area contributed by atoms with E-state index in [1.165, 1.54) is 19.2 Å². The number of hydrogen-bond donors (Lipinski definition) is 2. The Bertz CT molecular complexity index is 1020. The zero-order chi connectivity index (χ0) is 20.3. The average molecular weight is 386 g/mol. The van der Waals surface area contributed by atoms with Gasteiger partial charge in [-0.15, -0.1) is 0 Å². The molecule has 0 saturated heterocycles. The Kier molecular flexibility index (Phi) is 5.94. The van der Waals surface area contributed by atoms with Crippen molar-refractivity contribution >= 4 is 10.9 Å². The first-order chi connectivity index (χ1) is 13.4. The summed E-state index contributed by atoms with van der Waals surface area (Å²) in [5.41, 5.74) is 1.36. The molecule has 6 nitrogen and oxygen atoms in total. The van der Waals surface area contributed by atoms with Gasteiger partial charge in [0, 0.05) is 17.5 Å². The predicted molar refractivity (Wildman–Crippen MR) is 105 cm³/mol. The number of ether oxygens (including phenoxy) is 2. The molecule has 3 aromatic rings. The van der Waals surface area contributed by atoms with E-state index in [4.69, 9.17) is 9.47 Å². The number of H-pyrrole nitrogens is 1. The molecule has 0 aliphatic rings. The number of aromatic amines is 1. The zero-order valence-electron chi connectivity index (χ0n) is 16.5. The third kappa shape index (κ3) is 4.14. The van der Waals surface area contributed by atoms with Gasteiger partial charge < -0.3 is 19.8 Å². The predicted octanol–water partition coefficient (Wildman–Crippen LogP) is 2.54. The van der Waals surface area contributed by atoms with Crippen LogP contribution in [-0.2, 0) is 6.54 Å². The van der Waals surface area contributed by atoms with E-state index in [1.807, 2.05) is 0 Å². The van der Waals surface area contributed by atoms with E-state index in [-0.39, 0.29) is 17.4 Å². The number of halogens is 1. The maximum Gasteiger partial charge on any atom is 0.259 e. The first-order valence-corrected chi connectivity index (χ1v) is 9.16. The number of hydrogen-bond acceptors (Lipinski definition) is 4. The van der Waals surface area contributed by atoms with Gasteiger partial charge >= 0.3 is 0 Å². The van der Waals surface area contributed by atoms with Gasteiger partial charge in [-0.2, -0.15) is 0 Å². The minimum atomic E-state index is -0.254. The SMILES string of the molecule is COc1cc2nc(C[NH2+][C@H](c3ccc(F)cc3)C(C)C)[nH]c(=O)c2cc1OC. The van der Waals surface area contributed by atoms with Crippen LogP contribution in [0.4, 0.5) is 4.39 Å². The van der Waals surface area contributed by atoms with Crippen molar-refractivity contribution in [2.24, 2.45) is 5.92 Å². The summed E-state index contributed by atoms with van der Waals surface area (Å²) in [5, 5.41) is 2.54. The third-order valence-electron chi connectivity index (χ3n) is 4.80. The van der Waals surface area contributed by atoms with Crippen molar-refractivity contribution in [3.8, 4) is 11.5 Å². The summed E-state index contributed by atoms with van der Waals surface area (Å²) in [5.74, 6) is 1.64. The molecule has 0 aliphatic carbocycles. The maximum absolute atomic E-state index is 13.2. The normalized spacial score (nSPS) is 12.4. The van der Waals surface area contributed by atoms with Crippen molar-refractivity contribution < 1.29 is 19.2 Å². The lowest BCUT2D eigenvalue weighted by Gasteiger charge is -2.19. The van der Waals surface area contributed by atoms with Gasteiger partial charge in [0.1, 0.15) is 18.4 Å². The fourth-order valence-corrected chi connectivity index (χ4v) is 3.33. The van der Waals surface area contributed by atoms with E-state index in [0.29, 0.717) is 40.7 Å². The molecule has 0 radical (unpaired) electrons. The van der Waals surface area contributed by atoms with Crippen LogP contribution in [0.3, 0.4) is 0 Å². The Morgan fingerprint density at radius 1 is 1.11 bits per heavy atom. The van der Waals surface area contributed by atoms with Gasteiger partial charge in [0.2, 0.25) is 0 Å². The number of nitrogens with one attached hydrogen (secondary N) is 1. The van der Waals surface area contributed by atoms with Crippen molar-refractivity contribution in [1.82, 2.24) is 9.97 Å². The topological polar surface area (TPSA) is 80.8 Å². The van der Waals surface area contributed by atoms with Crippen LogP contribution < -0.4 is 20.3 Å². The molecule has 0 fully saturated rings. The highest BCUT2D eigenvalue weighted by molar-refractivity contribution is 5.81. The molecule has 148 valence electrons. The summed E-state index contributed by atoms with van der Waals surface area (Å²) in [6.45, 7) is 4.70. The monoisotopic (exact) mass is 386 g/mol. The fourth-order valence-electron chi connectivity index (χ4n) is 3.33. The van der Waals surface area contributed by atoms with Crippen LogP contribution in [0.5, 0.6) is 11.5 Å². The minimum absolute atomic E-state index is 0.118. The van der Waals surface area contributed by atoms with E-state index in [9.17, 15) is 9.18 Å². The number of quaternary nitrogens is 1. The lowest BCUT2D eigenvalue weighted by Crippen LogP contribution is -2.85. The molecular weight excluding hydrogens is 361 g/mol. The number of nitrogens with two attached hydrogens (primary N) is 1. The molecule has 7 heteroatoms. The first kappa shape index (κ1) is 19.8. The van der Waals surface area contributed by atoms with Gasteiger partial charge in [-0.1, -0.05) is 26.0 Å². The van der Waals surface area contributed by atoms with E-state index in [0.717, 1.165) is 5.56 Å². The fraction of sp³-hybridized carbons (Fsp3) is 0.333. The lowest BCUT2D eigenvalue weighted by atomic mass is 9.96. The average Bonchev–Trinajstić information content (AvgIpc) is 2.68. The summed E-state index contributed by atoms with van der Waals surface area (Å²) in [4.78, 5) is 19.9. The summed E-state index contributed by atoms with van der Waals surface area (Å²) in [6, 6.07) is 9.97. The van der Waals surface area contributed by atoms with Crippen molar-refractivity contribution in [3.63, 3.8) is 0 Å². The molecule has 28 heavy (non-hydrogen) atoms. The Balaban J connectivity index is 1.88. The smallest absolute Gasteiger partial charge is 0.259 e. The molecule has 0 spiro atoms. The van der Waals surface area contributed by atoms with Crippen LogP contribution in [0.25, 0.3) is 10.9 Å². The highest BCUT2D eigenvalue weighted by atomic mass is 19.1. The molecule has 0 bridgehead atoms. The number of nitrogens with zero attached hydrogens (tertiary/aromatic N) is 1. The molecule has 1 aromatic heterocycles. The second-order valence-corrected chi connectivity index (χ2v) is 7.00. The van der Waals surface area contributed by atoms with Crippen LogP contribution in [0.1, 0.15) is 31.3 Å². The summed E-state index contributed by atoms with van der Waals surface area (Å²) in [6.07, 6.45) is 0. The Labute approximate surface area is 162 Å². The van der Waals surface area contributed by atoms with E-state index < -0.39 is 0 Å². The summed E-state index contributed by atoms with van der Waals surface area (Å²) in [7, 11) is 3.07. The van der Waals surface area contributed by atoms with Gasteiger partial charge in [-0.25, -0.2) is 9.37 Å². The molecule has 3 N–H and O–H groups in total. The molecule has 0 unspecified atom stereocenters. The largest absolute Gasteiger partial charge is 0.493 e. The summed E-state index contributed by atoms with van der Waals surface area (Å²) < 4.78 is 23.8. The van der Waals surface area contributed by atoms with Crippen molar-refractivity contribution in [2.75, 3.05) is 14.2 Å². The molecule has 2 aromatic carbocycles. The second kappa shape index (κ2) is 8.39. The van der Waals surface area contributed by atoms with Crippen molar-refractivity contribution in [3.05, 3.63) is 64.0 Å². The van der Waals surface area contributed by atoms with Gasteiger partial charge in [-0.3, -0.25) is 4.79 Å². The standard InChI is InChI=1S/C21H24FN3O3/c1-12(2)20(13-5-7-14(22)8-6-13)23-11-19-24-16-10-18(28-4)17(27-3)9-15(16)21(26)25-19/h5-10,12,20,23H,11H2,1-4H3,(H,24,25,26)/p+1/t20-/m0/s1. The highest BCUT2D eigenvalue weighted by Gasteiger charge is 2.20. The molecule has 3 rings (SSSR count). The first-order valence-electron chi connectivity index (χ1n) is 9.16. The quantitative estimate of drug-likeness (QED) is 0.654. The number of aromatic nitrogens is 2. The number of fused-ring (bicyclic) bond motifs is 1. The molecule has 1 atom stereocenters. The number of rotatable bonds is 7. The molecular formula is C21H25FN3O3+. The van der Waals surface area contributed by atoms with Crippen LogP contribution in [0.2, 0.25) is 0 Å². The van der Waals surface area contributed by atoms with Gasteiger partial charge in [-0.05, 0) is 18.2 Å². The summed E-state index contributed by atoms with van der Waals surface area (Å²) >= 11 is 0. The van der Waals surface area contributed by atoms with Gasteiger partial charge in [0.05, 0.1) is 25.1 Å². The van der Waals surface area contributed by atoms with Gasteiger partial charge in [0.15, 0.2) is 17.3 Å². The number of benzene rings is 2. The van der Waals surface area contributed by atoms with Crippen LogP contribution >= 0.6 is 0 Å². The van der Waals surface area contributed by atoms with Crippen LogP contribution in [0.15, 0.2) is 41.2 Å². The molecule has 0 amide bonds. The highest BCUT2D eigenvalue weighted by Crippen LogP contribution is 2.29. The van der Waals surface area contributed by atoms with Crippen molar-refractivity contribution in [1.29, 1.82) is 0 Å². The lowest BCUT2D eigenvalue weighted by molar-refractivity contribution is -0.718. The third-order valence-corrected chi connectivity index (χ3v) is 4.80. The Morgan fingerprint density at radius 3 is 2.36 bits per heavy atom. The number of methoxy groups -OCH3 is 2. The van der Waals surface area contributed by atoms with Gasteiger partial charge in [0.25, 0.3) is 5.56 Å². The van der Waals surface area contributed by atoms with Crippen LogP contribution in [0, 0.1) is 11.7 Å². The Hall–Kier alpha value is -2.93. The molecule has 0 saturated carbocycles. The van der Waals surface area contributed by atoms with E-state index >= 15 is 0 Å².